The van der Waals surface area contributed by atoms with Gasteiger partial charge in [0, 0.05) is 4.88 Å². The highest BCUT2D eigenvalue weighted by atomic mass is 32.1. The number of benzene rings is 1. The van der Waals surface area contributed by atoms with Crippen molar-refractivity contribution < 1.29 is 9.47 Å². The summed E-state index contributed by atoms with van der Waals surface area (Å²) >= 11 is 1.73. The van der Waals surface area contributed by atoms with E-state index < -0.39 is 0 Å². The summed E-state index contributed by atoms with van der Waals surface area (Å²) in [5, 5.41) is 0.856. The van der Waals surface area contributed by atoms with E-state index in [4.69, 9.17) is 14.5 Å². The van der Waals surface area contributed by atoms with Gasteiger partial charge in [0.15, 0.2) is 0 Å². The van der Waals surface area contributed by atoms with Gasteiger partial charge in [0.25, 0.3) is 5.56 Å². The van der Waals surface area contributed by atoms with Crippen LogP contribution in [0.4, 0.5) is 0 Å². The summed E-state index contributed by atoms with van der Waals surface area (Å²) in [6.45, 7) is 3.82. The molecule has 1 aliphatic carbocycles. The van der Waals surface area contributed by atoms with E-state index in [9.17, 15) is 4.79 Å². The Bertz CT molecular complexity index is 1110. The zero-order valence-corrected chi connectivity index (χ0v) is 18.9. The summed E-state index contributed by atoms with van der Waals surface area (Å²) in [7, 11) is 1.65. The molecule has 0 amide bonds. The molecule has 0 bridgehead atoms. The Morgan fingerprint density at radius 2 is 1.77 bits per heavy atom. The molecule has 2 aliphatic rings. The molecule has 0 N–H and O–H groups in total. The molecule has 1 fully saturated rings. The first-order valence-corrected chi connectivity index (χ1v) is 12.1. The molecule has 0 unspecified atom stereocenters. The molecule has 1 aromatic carbocycles. The Morgan fingerprint density at radius 3 is 2.55 bits per heavy atom. The SMILES string of the molecule is COc1ccc(OCCn2c(CN3CCCC3)nc3sc4c(c3c2=O)CCCC4)cc1. The number of nitrogens with zero attached hydrogens (tertiary/aromatic N) is 3. The van der Waals surface area contributed by atoms with Crippen LogP contribution >= 0.6 is 11.3 Å². The van der Waals surface area contributed by atoms with Crippen molar-refractivity contribution in [3.05, 3.63) is 50.9 Å². The topological polar surface area (TPSA) is 56.6 Å². The summed E-state index contributed by atoms with van der Waals surface area (Å²) in [6, 6.07) is 7.55. The van der Waals surface area contributed by atoms with Crippen molar-refractivity contribution in [3.8, 4) is 11.5 Å². The molecule has 2 aromatic heterocycles. The molecule has 1 saturated heterocycles. The third kappa shape index (κ3) is 4.21. The summed E-state index contributed by atoms with van der Waals surface area (Å²) in [5.41, 5.74) is 1.36. The van der Waals surface area contributed by atoms with Crippen LogP contribution in [0.25, 0.3) is 10.2 Å². The van der Waals surface area contributed by atoms with Gasteiger partial charge in [0.1, 0.15) is 28.8 Å². The number of thiophene rings is 1. The van der Waals surface area contributed by atoms with Crippen molar-refractivity contribution in [2.24, 2.45) is 0 Å². The number of rotatable bonds is 7. The highest BCUT2D eigenvalue weighted by Crippen LogP contribution is 2.34. The third-order valence-electron chi connectivity index (χ3n) is 6.36. The second kappa shape index (κ2) is 9.01. The summed E-state index contributed by atoms with van der Waals surface area (Å²) in [4.78, 5) is 23.3. The molecule has 5 rings (SSSR count). The lowest BCUT2D eigenvalue weighted by molar-refractivity contribution is 0.279. The molecule has 0 saturated carbocycles. The quantitative estimate of drug-likeness (QED) is 0.557. The molecular formula is C24H29N3O3S. The van der Waals surface area contributed by atoms with Crippen molar-refractivity contribution in [3.63, 3.8) is 0 Å². The minimum Gasteiger partial charge on any atom is -0.497 e. The van der Waals surface area contributed by atoms with E-state index in [1.165, 1.54) is 29.7 Å². The monoisotopic (exact) mass is 439 g/mol. The van der Waals surface area contributed by atoms with Gasteiger partial charge in [-0.2, -0.15) is 0 Å². The highest BCUT2D eigenvalue weighted by Gasteiger charge is 2.23. The van der Waals surface area contributed by atoms with Gasteiger partial charge in [-0.1, -0.05) is 0 Å². The fourth-order valence-electron chi connectivity index (χ4n) is 4.70. The van der Waals surface area contributed by atoms with Gasteiger partial charge in [-0.3, -0.25) is 14.3 Å². The molecule has 0 spiro atoms. The maximum Gasteiger partial charge on any atom is 0.262 e. The van der Waals surface area contributed by atoms with Crippen LogP contribution in [0.1, 0.15) is 41.9 Å². The summed E-state index contributed by atoms with van der Waals surface area (Å²) < 4.78 is 13.0. The van der Waals surface area contributed by atoms with E-state index >= 15 is 0 Å². The summed E-state index contributed by atoms with van der Waals surface area (Å²) in [5.74, 6) is 2.45. The van der Waals surface area contributed by atoms with E-state index in [2.05, 4.69) is 4.90 Å². The fraction of sp³-hybridized carbons (Fsp3) is 0.500. The maximum absolute atomic E-state index is 13.6. The largest absolute Gasteiger partial charge is 0.497 e. The number of aryl methyl sites for hydroxylation is 2. The molecule has 3 aromatic rings. The van der Waals surface area contributed by atoms with E-state index in [0.717, 1.165) is 66.4 Å². The number of aromatic nitrogens is 2. The van der Waals surface area contributed by atoms with Crippen molar-refractivity contribution in [2.45, 2.75) is 51.6 Å². The van der Waals surface area contributed by atoms with Gasteiger partial charge < -0.3 is 9.47 Å². The molecular weight excluding hydrogens is 410 g/mol. The van der Waals surface area contributed by atoms with Gasteiger partial charge in [-0.25, -0.2) is 4.98 Å². The Hall–Kier alpha value is -2.38. The highest BCUT2D eigenvalue weighted by molar-refractivity contribution is 7.18. The number of hydrogen-bond acceptors (Lipinski definition) is 6. The van der Waals surface area contributed by atoms with Crippen LogP contribution < -0.4 is 15.0 Å². The number of fused-ring (bicyclic) bond motifs is 3. The van der Waals surface area contributed by atoms with Crippen LogP contribution in [0.3, 0.4) is 0 Å². The van der Waals surface area contributed by atoms with Gasteiger partial charge in [-0.05, 0) is 81.4 Å². The first-order valence-electron chi connectivity index (χ1n) is 11.3. The molecule has 3 heterocycles. The van der Waals surface area contributed by atoms with Gasteiger partial charge >= 0.3 is 0 Å². The fourth-order valence-corrected chi connectivity index (χ4v) is 5.97. The molecule has 6 nitrogen and oxygen atoms in total. The summed E-state index contributed by atoms with van der Waals surface area (Å²) in [6.07, 6.45) is 6.90. The van der Waals surface area contributed by atoms with Crippen LogP contribution in [0.2, 0.25) is 0 Å². The van der Waals surface area contributed by atoms with Gasteiger partial charge in [0.05, 0.1) is 25.6 Å². The zero-order valence-electron chi connectivity index (χ0n) is 18.1. The van der Waals surface area contributed by atoms with E-state index in [0.29, 0.717) is 13.2 Å². The minimum absolute atomic E-state index is 0.108. The number of methoxy groups -OCH3 is 1. The first kappa shape index (κ1) is 20.5. The smallest absolute Gasteiger partial charge is 0.262 e. The van der Waals surface area contributed by atoms with Crippen molar-refractivity contribution >= 4 is 21.6 Å². The molecule has 0 atom stereocenters. The van der Waals surface area contributed by atoms with E-state index in [-0.39, 0.29) is 5.56 Å². The predicted octanol–water partition coefficient (Wildman–Crippen LogP) is 4.02. The van der Waals surface area contributed by atoms with Crippen LogP contribution in [-0.2, 0) is 25.9 Å². The van der Waals surface area contributed by atoms with Crippen molar-refractivity contribution in [1.29, 1.82) is 0 Å². The zero-order chi connectivity index (χ0) is 21.2. The van der Waals surface area contributed by atoms with Gasteiger partial charge in [-0.15, -0.1) is 11.3 Å². The number of likely N-dealkylation sites (tertiary alicyclic amines) is 1. The van der Waals surface area contributed by atoms with Crippen molar-refractivity contribution in [1.82, 2.24) is 14.5 Å². The number of hydrogen-bond donors (Lipinski definition) is 0. The first-order chi connectivity index (χ1) is 15.2. The Labute approximate surface area is 186 Å². The predicted molar refractivity (Wildman–Crippen MR) is 124 cm³/mol. The van der Waals surface area contributed by atoms with Crippen LogP contribution in [0.15, 0.2) is 29.1 Å². The van der Waals surface area contributed by atoms with Crippen LogP contribution in [-0.4, -0.2) is 41.3 Å². The number of ether oxygens (including phenoxy) is 2. The second-order valence-corrected chi connectivity index (χ2v) is 9.47. The third-order valence-corrected chi connectivity index (χ3v) is 7.55. The average Bonchev–Trinajstić information content (AvgIpc) is 3.43. The van der Waals surface area contributed by atoms with E-state index in [1.54, 1.807) is 18.4 Å². The normalized spacial score (nSPS) is 16.5. The van der Waals surface area contributed by atoms with Crippen LogP contribution in [0, 0.1) is 0 Å². The second-order valence-electron chi connectivity index (χ2n) is 8.38. The van der Waals surface area contributed by atoms with E-state index in [1.807, 2.05) is 28.8 Å². The molecule has 0 radical (unpaired) electrons. The molecule has 1 aliphatic heterocycles. The molecule has 164 valence electrons. The van der Waals surface area contributed by atoms with Gasteiger partial charge in [0.2, 0.25) is 0 Å². The maximum atomic E-state index is 13.6. The lowest BCUT2D eigenvalue weighted by Crippen LogP contribution is -2.31. The molecule has 7 heteroatoms. The van der Waals surface area contributed by atoms with Crippen molar-refractivity contribution in [2.75, 3.05) is 26.8 Å². The lowest BCUT2D eigenvalue weighted by atomic mass is 9.97. The Balaban J connectivity index is 1.44. The average molecular weight is 440 g/mol. The molecule has 31 heavy (non-hydrogen) atoms. The minimum atomic E-state index is 0.108. The standard InChI is InChI=1S/C24H29N3O3S/c1-29-17-8-10-18(11-9-17)30-15-14-27-21(16-26-12-4-5-13-26)25-23-22(24(27)28)19-6-2-3-7-20(19)31-23/h8-11H,2-7,12-16H2,1H3. The van der Waals surface area contributed by atoms with Crippen LogP contribution in [0.5, 0.6) is 11.5 Å². The Kier molecular flexibility index (Phi) is 5.96. The Morgan fingerprint density at radius 1 is 1.03 bits per heavy atom. The lowest BCUT2D eigenvalue weighted by Gasteiger charge is -2.19.